The minimum atomic E-state index is 0.177. The monoisotopic (exact) mass is 196 g/mol. The van der Waals surface area contributed by atoms with Crippen LogP contribution in [0.1, 0.15) is 26.2 Å². The van der Waals surface area contributed by atoms with Gasteiger partial charge in [-0.25, -0.2) is 0 Å². The molecule has 0 saturated heterocycles. The molecule has 0 bridgehead atoms. The second-order valence-corrected chi connectivity index (χ2v) is 3.66. The van der Waals surface area contributed by atoms with E-state index in [2.05, 4.69) is 11.2 Å². The lowest BCUT2D eigenvalue weighted by Crippen LogP contribution is -2.28. The molecular formula is C11H20N2O. The van der Waals surface area contributed by atoms with Crippen molar-refractivity contribution >= 4 is 5.91 Å². The zero-order chi connectivity index (χ0) is 11.0. The number of rotatable bonds is 6. The van der Waals surface area contributed by atoms with Crippen molar-refractivity contribution in [2.45, 2.75) is 32.2 Å². The van der Waals surface area contributed by atoms with E-state index in [1.54, 1.807) is 19.0 Å². The first-order valence-corrected chi connectivity index (χ1v) is 4.95. The molecule has 1 amide bonds. The molecule has 3 nitrogen and oxygen atoms in total. The Balaban J connectivity index is 3.38. The lowest BCUT2D eigenvalue weighted by Gasteiger charge is -2.12. The Kier molecular flexibility index (Phi) is 6.87. The quantitative estimate of drug-likeness (QED) is 0.505. The molecule has 0 aromatic heterocycles. The largest absolute Gasteiger partial charge is 0.349 e. The van der Waals surface area contributed by atoms with Gasteiger partial charge in [0.1, 0.15) is 0 Å². The Morgan fingerprint density at radius 3 is 2.71 bits per heavy atom. The van der Waals surface area contributed by atoms with Crippen LogP contribution < -0.4 is 5.32 Å². The summed E-state index contributed by atoms with van der Waals surface area (Å²) < 4.78 is 0. The summed E-state index contributed by atoms with van der Waals surface area (Å²) in [5, 5.41) is 3.26. The fraction of sp³-hybridized carbons (Fsp3) is 0.727. The fourth-order valence-corrected chi connectivity index (χ4v) is 1.06. The molecule has 14 heavy (non-hydrogen) atoms. The van der Waals surface area contributed by atoms with Gasteiger partial charge in [-0.2, -0.15) is 0 Å². The maximum atomic E-state index is 11.2. The standard InChI is InChI=1S/C11H20N2O/c1-5-7-10(2)12-9-6-8-11(14)13(3)4/h1,10,12H,6-9H2,2-4H3. The Morgan fingerprint density at radius 1 is 1.57 bits per heavy atom. The van der Waals surface area contributed by atoms with E-state index in [0.29, 0.717) is 12.5 Å². The van der Waals surface area contributed by atoms with Crippen LogP contribution in [0.25, 0.3) is 0 Å². The van der Waals surface area contributed by atoms with Crippen molar-refractivity contribution in [1.82, 2.24) is 10.2 Å². The number of terminal acetylenes is 1. The van der Waals surface area contributed by atoms with Gasteiger partial charge in [0.25, 0.3) is 0 Å². The molecule has 0 aliphatic heterocycles. The lowest BCUT2D eigenvalue weighted by atomic mass is 10.2. The van der Waals surface area contributed by atoms with Crippen molar-refractivity contribution in [3.8, 4) is 12.3 Å². The van der Waals surface area contributed by atoms with Gasteiger partial charge < -0.3 is 10.2 Å². The minimum absolute atomic E-state index is 0.177. The molecular weight excluding hydrogens is 176 g/mol. The van der Waals surface area contributed by atoms with Crippen LogP contribution in [0, 0.1) is 12.3 Å². The second-order valence-electron chi connectivity index (χ2n) is 3.66. The van der Waals surface area contributed by atoms with Gasteiger partial charge in [0.15, 0.2) is 0 Å². The topological polar surface area (TPSA) is 32.3 Å². The van der Waals surface area contributed by atoms with Crippen molar-refractivity contribution in [3.63, 3.8) is 0 Å². The van der Waals surface area contributed by atoms with Gasteiger partial charge in [0.2, 0.25) is 5.91 Å². The van der Waals surface area contributed by atoms with Crippen molar-refractivity contribution in [2.24, 2.45) is 0 Å². The highest BCUT2D eigenvalue weighted by Gasteiger charge is 2.03. The van der Waals surface area contributed by atoms with Crippen LogP contribution in [0.2, 0.25) is 0 Å². The summed E-state index contributed by atoms with van der Waals surface area (Å²) in [5.41, 5.74) is 0. The van der Waals surface area contributed by atoms with Crippen LogP contribution in [-0.2, 0) is 4.79 Å². The molecule has 1 N–H and O–H groups in total. The Hall–Kier alpha value is -1.01. The maximum absolute atomic E-state index is 11.2. The van der Waals surface area contributed by atoms with Crippen LogP contribution in [-0.4, -0.2) is 37.5 Å². The molecule has 0 aromatic carbocycles. The Morgan fingerprint density at radius 2 is 2.21 bits per heavy atom. The van der Waals surface area contributed by atoms with Gasteiger partial charge in [-0.1, -0.05) is 0 Å². The normalized spacial score (nSPS) is 11.9. The van der Waals surface area contributed by atoms with E-state index in [9.17, 15) is 4.79 Å². The van der Waals surface area contributed by atoms with Gasteiger partial charge >= 0.3 is 0 Å². The van der Waals surface area contributed by atoms with Crippen LogP contribution in [0.15, 0.2) is 0 Å². The van der Waals surface area contributed by atoms with E-state index >= 15 is 0 Å². The van der Waals surface area contributed by atoms with Gasteiger partial charge in [0, 0.05) is 33.0 Å². The molecule has 80 valence electrons. The van der Waals surface area contributed by atoms with Gasteiger partial charge in [-0.05, 0) is 19.9 Å². The van der Waals surface area contributed by atoms with Crippen LogP contribution >= 0.6 is 0 Å². The van der Waals surface area contributed by atoms with Crippen molar-refractivity contribution in [3.05, 3.63) is 0 Å². The Labute approximate surface area is 86.9 Å². The van der Waals surface area contributed by atoms with Crippen LogP contribution in [0.5, 0.6) is 0 Å². The molecule has 1 atom stereocenters. The highest BCUT2D eigenvalue weighted by molar-refractivity contribution is 5.75. The number of amides is 1. The van der Waals surface area contributed by atoms with Crippen molar-refractivity contribution < 1.29 is 4.79 Å². The molecule has 0 aliphatic rings. The summed E-state index contributed by atoms with van der Waals surface area (Å²) in [6, 6.07) is 0.342. The first-order valence-electron chi connectivity index (χ1n) is 4.95. The molecule has 0 heterocycles. The van der Waals surface area contributed by atoms with Crippen LogP contribution in [0.3, 0.4) is 0 Å². The summed E-state index contributed by atoms with van der Waals surface area (Å²) in [5.74, 6) is 2.77. The third-order valence-corrected chi connectivity index (χ3v) is 1.98. The van der Waals surface area contributed by atoms with E-state index in [4.69, 9.17) is 6.42 Å². The van der Waals surface area contributed by atoms with E-state index < -0.39 is 0 Å². The number of carbonyl (C=O) groups excluding carboxylic acids is 1. The lowest BCUT2D eigenvalue weighted by molar-refractivity contribution is -0.128. The molecule has 0 rings (SSSR count). The first-order chi connectivity index (χ1) is 6.57. The predicted molar refractivity (Wildman–Crippen MR) is 58.8 cm³/mol. The zero-order valence-corrected chi connectivity index (χ0v) is 9.34. The third-order valence-electron chi connectivity index (χ3n) is 1.98. The summed E-state index contributed by atoms with van der Waals surface area (Å²) in [6.45, 7) is 2.90. The Bertz CT molecular complexity index is 206. The molecule has 0 aromatic rings. The molecule has 0 spiro atoms. The van der Waals surface area contributed by atoms with Gasteiger partial charge in [0.05, 0.1) is 0 Å². The number of nitrogens with zero attached hydrogens (tertiary/aromatic N) is 1. The van der Waals surface area contributed by atoms with E-state index in [0.717, 1.165) is 19.4 Å². The van der Waals surface area contributed by atoms with E-state index in [1.807, 2.05) is 6.92 Å². The van der Waals surface area contributed by atoms with E-state index in [-0.39, 0.29) is 5.91 Å². The van der Waals surface area contributed by atoms with Crippen molar-refractivity contribution in [2.75, 3.05) is 20.6 Å². The van der Waals surface area contributed by atoms with Crippen LogP contribution in [0.4, 0.5) is 0 Å². The maximum Gasteiger partial charge on any atom is 0.222 e. The number of hydrogen-bond acceptors (Lipinski definition) is 2. The molecule has 1 unspecified atom stereocenters. The van der Waals surface area contributed by atoms with Gasteiger partial charge in [-0.15, -0.1) is 12.3 Å². The predicted octanol–water partition coefficient (Wildman–Crippen LogP) is 0.856. The minimum Gasteiger partial charge on any atom is -0.349 e. The zero-order valence-electron chi connectivity index (χ0n) is 9.34. The summed E-state index contributed by atoms with van der Waals surface area (Å²) in [6.07, 6.45) is 7.38. The van der Waals surface area contributed by atoms with E-state index in [1.165, 1.54) is 0 Å². The molecule has 0 aliphatic carbocycles. The van der Waals surface area contributed by atoms with Gasteiger partial charge in [-0.3, -0.25) is 4.79 Å². The highest BCUT2D eigenvalue weighted by Crippen LogP contribution is 1.94. The summed E-state index contributed by atoms with van der Waals surface area (Å²) in [4.78, 5) is 12.8. The molecule has 3 heteroatoms. The third kappa shape index (κ3) is 6.50. The number of nitrogens with one attached hydrogen (secondary N) is 1. The second kappa shape index (κ2) is 7.40. The fourth-order valence-electron chi connectivity index (χ4n) is 1.06. The molecule has 0 saturated carbocycles. The summed E-state index contributed by atoms with van der Waals surface area (Å²) in [7, 11) is 3.55. The number of hydrogen-bond donors (Lipinski definition) is 1. The average molecular weight is 196 g/mol. The SMILES string of the molecule is C#CCC(C)NCCCC(=O)N(C)C. The first kappa shape index (κ1) is 13.0. The molecule has 0 fully saturated rings. The average Bonchev–Trinajstić information content (AvgIpc) is 2.12. The summed E-state index contributed by atoms with van der Waals surface area (Å²) >= 11 is 0. The number of carbonyl (C=O) groups is 1. The smallest absolute Gasteiger partial charge is 0.222 e. The molecule has 0 radical (unpaired) electrons. The highest BCUT2D eigenvalue weighted by atomic mass is 16.2. The van der Waals surface area contributed by atoms with Crippen molar-refractivity contribution in [1.29, 1.82) is 0 Å².